The van der Waals surface area contributed by atoms with Crippen LogP contribution < -0.4 is 5.73 Å². The van der Waals surface area contributed by atoms with Gasteiger partial charge in [-0.15, -0.1) is 0 Å². The summed E-state index contributed by atoms with van der Waals surface area (Å²) in [5.74, 6) is 0. The Labute approximate surface area is 94.6 Å². The average molecular weight is 214 g/mol. The Morgan fingerprint density at radius 1 is 1.19 bits per heavy atom. The normalized spacial score (nSPS) is 12.4. The highest BCUT2D eigenvalue weighted by Gasteiger charge is 2.02. The summed E-state index contributed by atoms with van der Waals surface area (Å²) in [6.07, 6.45) is 3.23. The molecule has 82 valence electrons. The molecular formula is C13H14N2O. The number of aromatic nitrogens is 1. The molecule has 0 spiro atoms. The molecule has 0 aliphatic carbocycles. The minimum atomic E-state index is -0.802. The summed E-state index contributed by atoms with van der Waals surface area (Å²) in [7, 11) is 0. The van der Waals surface area contributed by atoms with E-state index in [-0.39, 0.29) is 0 Å². The second kappa shape index (κ2) is 4.88. The molecule has 0 fully saturated rings. The van der Waals surface area contributed by atoms with Crippen LogP contribution in [0.4, 0.5) is 0 Å². The lowest BCUT2D eigenvalue weighted by Gasteiger charge is -2.07. The summed E-state index contributed by atoms with van der Waals surface area (Å²) >= 11 is 0. The van der Waals surface area contributed by atoms with Gasteiger partial charge in [0.2, 0.25) is 0 Å². The average Bonchev–Trinajstić information content (AvgIpc) is 2.30. The van der Waals surface area contributed by atoms with Crippen LogP contribution in [0.15, 0.2) is 48.8 Å². The molecule has 1 heterocycles. The fraction of sp³-hybridized carbons (Fsp3) is 0.154. The lowest BCUT2D eigenvalue weighted by Crippen LogP contribution is -2.21. The third-order valence-electron chi connectivity index (χ3n) is 2.37. The largest absolute Gasteiger partial charge is 0.378 e. The first-order chi connectivity index (χ1) is 7.75. The second-order valence-electron chi connectivity index (χ2n) is 3.71. The Bertz CT molecular complexity index is 454. The molecular weight excluding hydrogens is 200 g/mol. The molecule has 0 aliphatic rings. The van der Waals surface area contributed by atoms with E-state index in [1.54, 1.807) is 6.20 Å². The molecule has 1 atom stereocenters. The molecule has 2 aromatic rings. The quantitative estimate of drug-likeness (QED) is 0.762. The van der Waals surface area contributed by atoms with Gasteiger partial charge in [0, 0.05) is 18.8 Å². The fourth-order valence-corrected chi connectivity index (χ4v) is 1.65. The van der Waals surface area contributed by atoms with Gasteiger partial charge in [-0.2, -0.15) is 0 Å². The summed E-state index contributed by atoms with van der Waals surface area (Å²) in [6.45, 7) is 0. The number of hydrogen-bond acceptors (Lipinski definition) is 3. The molecule has 1 unspecified atom stereocenters. The SMILES string of the molecule is NC(O)Cc1cccc(-c2cccnc2)c1. The van der Waals surface area contributed by atoms with Gasteiger partial charge in [-0.1, -0.05) is 30.3 Å². The van der Waals surface area contributed by atoms with Gasteiger partial charge in [-0.3, -0.25) is 4.98 Å². The maximum atomic E-state index is 9.13. The van der Waals surface area contributed by atoms with Crippen molar-refractivity contribution in [1.82, 2.24) is 4.98 Å². The maximum Gasteiger partial charge on any atom is 0.106 e. The summed E-state index contributed by atoms with van der Waals surface area (Å²) in [5, 5.41) is 9.13. The molecule has 0 bridgehead atoms. The van der Waals surface area contributed by atoms with Crippen molar-refractivity contribution in [1.29, 1.82) is 0 Å². The first-order valence-corrected chi connectivity index (χ1v) is 5.19. The minimum Gasteiger partial charge on any atom is -0.378 e. The van der Waals surface area contributed by atoms with E-state index in [0.717, 1.165) is 16.7 Å². The van der Waals surface area contributed by atoms with Crippen molar-refractivity contribution in [3.8, 4) is 11.1 Å². The van der Waals surface area contributed by atoms with Crippen molar-refractivity contribution in [3.05, 3.63) is 54.4 Å². The number of nitrogens with two attached hydrogens (primary N) is 1. The van der Waals surface area contributed by atoms with Crippen LogP contribution in [0.1, 0.15) is 5.56 Å². The second-order valence-corrected chi connectivity index (χ2v) is 3.71. The highest BCUT2D eigenvalue weighted by molar-refractivity contribution is 5.62. The first-order valence-electron chi connectivity index (χ1n) is 5.19. The van der Waals surface area contributed by atoms with Crippen LogP contribution in [-0.4, -0.2) is 16.3 Å². The van der Waals surface area contributed by atoms with E-state index in [4.69, 9.17) is 10.8 Å². The van der Waals surface area contributed by atoms with Crippen LogP contribution >= 0.6 is 0 Å². The number of benzene rings is 1. The van der Waals surface area contributed by atoms with Gasteiger partial charge in [0.1, 0.15) is 6.23 Å². The molecule has 0 amide bonds. The monoisotopic (exact) mass is 214 g/mol. The number of aliphatic hydroxyl groups is 1. The fourth-order valence-electron chi connectivity index (χ4n) is 1.65. The maximum absolute atomic E-state index is 9.13. The number of pyridine rings is 1. The van der Waals surface area contributed by atoms with E-state index in [2.05, 4.69) is 4.98 Å². The van der Waals surface area contributed by atoms with E-state index < -0.39 is 6.23 Å². The van der Waals surface area contributed by atoms with E-state index >= 15 is 0 Å². The van der Waals surface area contributed by atoms with Gasteiger partial charge >= 0.3 is 0 Å². The lowest BCUT2D eigenvalue weighted by molar-refractivity contribution is 0.183. The molecule has 3 N–H and O–H groups in total. The van der Waals surface area contributed by atoms with E-state index in [0.29, 0.717) is 6.42 Å². The smallest absolute Gasteiger partial charge is 0.106 e. The zero-order valence-electron chi connectivity index (χ0n) is 8.88. The van der Waals surface area contributed by atoms with Crippen molar-refractivity contribution in [3.63, 3.8) is 0 Å². The Morgan fingerprint density at radius 2 is 2.00 bits per heavy atom. The molecule has 16 heavy (non-hydrogen) atoms. The van der Waals surface area contributed by atoms with Crippen LogP contribution in [0.2, 0.25) is 0 Å². The predicted molar refractivity (Wildman–Crippen MR) is 63.6 cm³/mol. The van der Waals surface area contributed by atoms with Crippen LogP contribution in [0, 0.1) is 0 Å². The molecule has 1 aromatic carbocycles. The first kappa shape index (κ1) is 10.8. The van der Waals surface area contributed by atoms with E-state index in [1.165, 1.54) is 0 Å². The van der Waals surface area contributed by atoms with Crippen molar-refractivity contribution < 1.29 is 5.11 Å². The predicted octanol–water partition coefficient (Wildman–Crippen LogP) is 1.57. The van der Waals surface area contributed by atoms with E-state index in [1.807, 2.05) is 42.6 Å². The summed E-state index contributed by atoms with van der Waals surface area (Å²) in [4.78, 5) is 4.08. The van der Waals surface area contributed by atoms with Crippen molar-refractivity contribution in [2.24, 2.45) is 5.73 Å². The zero-order chi connectivity index (χ0) is 11.4. The van der Waals surface area contributed by atoms with Gasteiger partial charge < -0.3 is 10.8 Å². The molecule has 0 saturated carbocycles. The number of rotatable bonds is 3. The summed E-state index contributed by atoms with van der Waals surface area (Å²) in [5.41, 5.74) is 8.54. The van der Waals surface area contributed by atoms with Gasteiger partial charge in [0.15, 0.2) is 0 Å². The van der Waals surface area contributed by atoms with Gasteiger partial charge in [-0.25, -0.2) is 0 Å². The lowest BCUT2D eigenvalue weighted by atomic mass is 10.0. The van der Waals surface area contributed by atoms with Crippen LogP contribution in [0.3, 0.4) is 0 Å². The topological polar surface area (TPSA) is 59.1 Å². The molecule has 1 aromatic heterocycles. The van der Waals surface area contributed by atoms with E-state index in [9.17, 15) is 0 Å². The third-order valence-corrected chi connectivity index (χ3v) is 2.37. The van der Waals surface area contributed by atoms with Gasteiger partial charge in [0.25, 0.3) is 0 Å². The number of nitrogens with zero attached hydrogens (tertiary/aromatic N) is 1. The van der Waals surface area contributed by atoms with Crippen molar-refractivity contribution >= 4 is 0 Å². The number of hydrogen-bond donors (Lipinski definition) is 2. The standard InChI is InChI=1S/C13H14N2O/c14-13(16)8-10-3-1-4-11(7-10)12-5-2-6-15-9-12/h1-7,9,13,16H,8,14H2. The van der Waals surface area contributed by atoms with Crippen LogP contribution in [-0.2, 0) is 6.42 Å². The molecule has 3 heteroatoms. The third kappa shape index (κ3) is 2.66. The minimum absolute atomic E-state index is 0.466. The summed E-state index contributed by atoms with van der Waals surface area (Å²) < 4.78 is 0. The summed E-state index contributed by atoms with van der Waals surface area (Å²) in [6, 6.07) is 11.9. The molecule has 0 aliphatic heterocycles. The molecule has 0 saturated heterocycles. The molecule has 3 nitrogen and oxygen atoms in total. The van der Waals surface area contributed by atoms with Crippen LogP contribution in [0.25, 0.3) is 11.1 Å². The highest BCUT2D eigenvalue weighted by Crippen LogP contribution is 2.19. The van der Waals surface area contributed by atoms with Crippen LogP contribution in [0.5, 0.6) is 0 Å². The Kier molecular flexibility index (Phi) is 3.29. The Morgan fingerprint density at radius 3 is 2.69 bits per heavy atom. The zero-order valence-corrected chi connectivity index (χ0v) is 8.88. The Balaban J connectivity index is 2.29. The highest BCUT2D eigenvalue weighted by atomic mass is 16.3. The van der Waals surface area contributed by atoms with Gasteiger partial charge in [-0.05, 0) is 22.8 Å². The molecule has 2 rings (SSSR count). The van der Waals surface area contributed by atoms with Crippen molar-refractivity contribution in [2.45, 2.75) is 12.6 Å². The van der Waals surface area contributed by atoms with Gasteiger partial charge in [0.05, 0.1) is 0 Å². The number of aliphatic hydroxyl groups excluding tert-OH is 1. The Hall–Kier alpha value is -1.71. The van der Waals surface area contributed by atoms with Crippen molar-refractivity contribution in [2.75, 3.05) is 0 Å². The molecule has 0 radical (unpaired) electrons.